The molecule has 11 aromatic rings. The van der Waals surface area contributed by atoms with E-state index < -0.39 is 0 Å². The van der Waals surface area contributed by atoms with E-state index in [1.54, 1.807) is 0 Å². The van der Waals surface area contributed by atoms with E-state index in [1.165, 1.54) is 52.8 Å². The van der Waals surface area contributed by atoms with Crippen LogP contribution in [-0.2, 0) is 0 Å². The summed E-state index contributed by atoms with van der Waals surface area (Å²) in [6.07, 6.45) is 0. The van der Waals surface area contributed by atoms with Crippen molar-refractivity contribution in [1.29, 1.82) is 0 Å². The Morgan fingerprint density at radius 2 is 1.08 bits per heavy atom. The smallest absolute Gasteiger partial charge is 0.135 e. The summed E-state index contributed by atoms with van der Waals surface area (Å²) in [4.78, 5) is 2.39. The minimum absolute atomic E-state index is 0.889. The topological polar surface area (TPSA) is 21.3 Å². The molecule has 4 heteroatoms. The average Bonchev–Trinajstić information content (AvgIpc) is 3.83. The molecule has 3 aromatic heterocycles. The Bertz CT molecular complexity index is 3110. The molecule has 0 saturated heterocycles. The fourth-order valence-corrected chi connectivity index (χ4v) is 8.98. The molecular formula is C46H28N2OS. The van der Waals surface area contributed by atoms with E-state index in [0.717, 1.165) is 44.7 Å². The van der Waals surface area contributed by atoms with Gasteiger partial charge in [0.15, 0.2) is 0 Å². The van der Waals surface area contributed by atoms with Crippen molar-refractivity contribution in [3.63, 3.8) is 0 Å². The summed E-state index contributed by atoms with van der Waals surface area (Å²) in [5.74, 6) is 0. The number of benzene rings is 8. The average molecular weight is 657 g/mol. The van der Waals surface area contributed by atoms with Crippen molar-refractivity contribution in [2.24, 2.45) is 0 Å². The van der Waals surface area contributed by atoms with Crippen LogP contribution in [0.5, 0.6) is 0 Å². The van der Waals surface area contributed by atoms with Gasteiger partial charge in [0.1, 0.15) is 11.2 Å². The van der Waals surface area contributed by atoms with E-state index in [0.29, 0.717) is 0 Å². The maximum atomic E-state index is 6.26. The maximum absolute atomic E-state index is 6.26. The van der Waals surface area contributed by atoms with Crippen LogP contribution < -0.4 is 4.90 Å². The minimum atomic E-state index is 0.889. The highest BCUT2D eigenvalue weighted by Crippen LogP contribution is 2.43. The quantitative estimate of drug-likeness (QED) is 0.188. The zero-order valence-electron chi connectivity index (χ0n) is 26.9. The van der Waals surface area contributed by atoms with Crippen LogP contribution in [-0.4, -0.2) is 4.57 Å². The van der Waals surface area contributed by atoms with Crippen molar-refractivity contribution >= 4 is 103 Å². The van der Waals surface area contributed by atoms with E-state index >= 15 is 0 Å². The van der Waals surface area contributed by atoms with Gasteiger partial charge < -0.3 is 13.9 Å². The van der Waals surface area contributed by atoms with Gasteiger partial charge in [0, 0.05) is 64.5 Å². The predicted octanol–water partition coefficient (Wildman–Crippen LogP) is 13.7. The molecule has 0 amide bonds. The van der Waals surface area contributed by atoms with Crippen LogP contribution in [0, 0.1) is 0 Å². The number of hydrogen-bond acceptors (Lipinski definition) is 3. The highest BCUT2D eigenvalue weighted by molar-refractivity contribution is 7.25. The number of thiophene rings is 1. The molecule has 0 N–H and O–H groups in total. The second-order valence-corrected chi connectivity index (χ2v) is 14.1. The first-order valence-electron chi connectivity index (χ1n) is 16.9. The van der Waals surface area contributed by atoms with Crippen LogP contribution in [0.2, 0.25) is 0 Å². The SMILES string of the molecule is c1ccc(-n2c3ccccc3c3ccc(N(c4ccc5cc6c(cc5c4)sc4ccccc46)c4ccc5oc6ccccc6c5c4)cc32)cc1. The summed E-state index contributed by atoms with van der Waals surface area (Å²) in [6.45, 7) is 0. The standard InChI is InChI=1S/C46H28N2OS/c1-2-10-31(11-3-1)48-41-15-7-4-12-35(41)36-22-20-34(28-42(36)48)47(33-21-23-44-39(27-33)37-13-5-8-16-43(37)49-44)32-19-18-29-25-40-38-14-6-9-17-45(38)50-46(40)26-30(29)24-32/h1-28H. The summed E-state index contributed by atoms with van der Waals surface area (Å²) in [5.41, 5.74) is 8.57. The van der Waals surface area contributed by atoms with Crippen molar-refractivity contribution in [1.82, 2.24) is 4.57 Å². The third-order valence-electron chi connectivity index (χ3n) is 10.1. The second-order valence-electron chi connectivity index (χ2n) is 13.0. The molecule has 0 aliphatic rings. The lowest BCUT2D eigenvalue weighted by molar-refractivity contribution is 0.669. The molecule has 3 nitrogen and oxygen atoms in total. The van der Waals surface area contributed by atoms with Gasteiger partial charge in [0.25, 0.3) is 0 Å². The van der Waals surface area contributed by atoms with Gasteiger partial charge in [-0.25, -0.2) is 0 Å². The zero-order valence-corrected chi connectivity index (χ0v) is 27.7. The van der Waals surface area contributed by atoms with Crippen LogP contribution in [0.25, 0.3) is 80.4 Å². The van der Waals surface area contributed by atoms with Crippen LogP contribution in [0.1, 0.15) is 0 Å². The van der Waals surface area contributed by atoms with Crippen molar-refractivity contribution in [2.45, 2.75) is 0 Å². The molecule has 0 aliphatic heterocycles. The summed E-state index contributed by atoms with van der Waals surface area (Å²) >= 11 is 1.86. The third kappa shape index (κ3) is 4.09. The van der Waals surface area contributed by atoms with Crippen LogP contribution in [0.15, 0.2) is 174 Å². The molecule has 3 heterocycles. The zero-order chi connectivity index (χ0) is 32.8. The molecule has 234 valence electrons. The molecule has 11 rings (SSSR count). The molecular weight excluding hydrogens is 629 g/mol. The number of nitrogens with zero attached hydrogens (tertiary/aromatic N) is 2. The Kier molecular flexibility index (Phi) is 5.83. The second kappa shape index (κ2) is 10.6. The highest BCUT2D eigenvalue weighted by atomic mass is 32.1. The Morgan fingerprint density at radius 1 is 0.400 bits per heavy atom. The summed E-state index contributed by atoms with van der Waals surface area (Å²) < 4.78 is 11.3. The van der Waals surface area contributed by atoms with E-state index in [2.05, 4.69) is 167 Å². The Labute approximate surface area is 291 Å². The maximum Gasteiger partial charge on any atom is 0.135 e. The summed E-state index contributed by atoms with van der Waals surface area (Å²) in [6, 6.07) is 61.4. The monoisotopic (exact) mass is 656 g/mol. The molecule has 0 atom stereocenters. The van der Waals surface area contributed by atoms with E-state index in [-0.39, 0.29) is 0 Å². The van der Waals surface area contributed by atoms with Gasteiger partial charge in [-0.1, -0.05) is 84.9 Å². The predicted molar refractivity (Wildman–Crippen MR) is 213 cm³/mol. The third-order valence-corrected chi connectivity index (χ3v) is 11.3. The van der Waals surface area contributed by atoms with Gasteiger partial charge in [-0.2, -0.15) is 0 Å². The number of furan rings is 1. The Balaban J connectivity index is 1.17. The van der Waals surface area contributed by atoms with Gasteiger partial charge in [0.2, 0.25) is 0 Å². The lowest BCUT2D eigenvalue weighted by Gasteiger charge is -2.26. The first-order chi connectivity index (χ1) is 24.8. The van der Waals surface area contributed by atoms with Crippen molar-refractivity contribution in [3.8, 4) is 5.69 Å². The normalized spacial score (nSPS) is 12.0. The van der Waals surface area contributed by atoms with Crippen LogP contribution in [0.3, 0.4) is 0 Å². The summed E-state index contributed by atoms with van der Waals surface area (Å²) in [7, 11) is 0. The molecule has 8 aromatic carbocycles. The van der Waals surface area contributed by atoms with Gasteiger partial charge in [-0.05, 0) is 95.7 Å². The first-order valence-corrected chi connectivity index (χ1v) is 17.7. The van der Waals surface area contributed by atoms with Crippen molar-refractivity contribution in [3.05, 3.63) is 170 Å². The van der Waals surface area contributed by atoms with E-state index in [4.69, 9.17) is 4.42 Å². The molecule has 0 aliphatic carbocycles. The molecule has 0 bridgehead atoms. The van der Waals surface area contributed by atoms with Gasteiger partial charge in [-0.3, -0.25) is 0 Å². The number of aromatic nitrogens is 1. The molecule has 0 radical (unpaired) electrons. The number of fused-ring (bicyclic) bond motifs is 10. The van der Waals surface area contributed by atoms with Gasteiger partial charge >= 0.3 is 0 Å². The van der Waals surface area contributed by atoms with E-state index in [1.807, 2.05) is 23.5 Å². The molecule has 0 unspecified atom stereocenters. The molecule has 0 spiro atoms. The van der Waals surface area contributed by atoms with Crippen LogP contribution >= 0.6 is 11.3 Å². The Morgan fingerprint density at radius 3 is 2.00 bits per heavy atom. The lowest BCUT2D eigenvalue weighted by atomic mass is 10.0. The summed E-state index contributed by atoms with van der Waals surface area (Å²) in [5, 5.41) is 9.80. The fraction of sp³-hybridized carbons (Fsp3) is 0. The Hall–Kier alpha value is -6.36. The molecule has 0 fully saturated rings. The number of para-hydroxylation sites is 3. The van der Waals surface area contributed by atoms with Gasteiger partial charge in [-0.15, -0.1) is 11.3 Å². The number of anilines is 3. The molecule has 50 heavy (non-hydrogen) atoms. The fourth-order valence-electron chi connectivity index (χ4n) is 7.85. The minimum Gasteiger partial charge on any atom is -0.456 e. The van der Waals surface area contributed by atoms with Crippen LogP contribution in [0.4, 0.5) is 17.1 Å². The van der Waals surface area contributed by atoms with E-state index in [9.17, 15) is 0 Å². The van der Waals surface area contributed by atoms with Gasteiger partial charge in [0.05, 0.1) is 11.0 Å². The highest BCUT2D eigenvalue weighted by Gasteiger charge is 2.19. The number of rotatable bonds is 4. The van der Waals surface area contributed by atoms with Crippen molar-refractivity contribution in [2.75, 3.05) is 4.90 Å². The van der Waals surface area contributed by atoms with Crippen molar-refractivity contribution < 1.29 is 4.42 Å². The lowest BCUT2D eigenvalue weighted by Crippen LogP contribution is -2.10. The number of hydrogen-bond donors (Lipinski definition) is 0. The first kappa shape index (κ1) is 27.6. The largest absolute Gasteiger partial charge is 0.456 e. The molecule has 0 saturated carbocycles.